The number of hydrogen-bond acceptors (Lipinski definition) is 6. The van der Waals surface area contributed by atoms with Crippen LogP contribution in [0.15, 0.2) is 30.6 Å². The summed E-state index contributed by atoms with van der Waals surface area (Å²) in [5.41, 5.74) is 2.36. The minimum absolute atomic E-state index is 0.0630. The number of carbonyl (C=O) groups is 2. The molecule has 2 amide bonds. The Morgan fingerprint density at radius 2 is 2.06 bits per heavy atom. The molecule has 4 heterocycles. The molecule has 34 heavy (non-hydrogen) atoms. The second-order valence-corrected chi connectivity index (χ2v) is 9.93. The fraction of sp³-hybridized carbons (Fsp3) is 0.440. The van der Waals surface area contributed by atoms with Crippen LogP contribution < -0.4 is 20.1 Å². The summed E-state index contributed by atoms with van der Waals surface area (Å²) in [5.74, 6) is 1.60. The standard InChI is InChI=1S/C25H27N5O4/c1-13(15-10-21(31)26-11-15)33-20-9-14(8-18-22(20)30(12-27-18)16-4-5-16)17-6-7-19-23(28-17)29-24(32)25(2,3)34-19/h6-9,12-13,15-16H,4-5,10-11H2,1-3H3,(H,26,31)(H,28,29,32)/t13-,15-/m1/s1. The lowest BCUT2D eigenvalue weighted by Gasteiger charge is -2.30. The van der Waals surface area contributed by atoms with Gasteiger partial charge in [0.2, 0.25) is 5.91 Å². The predicted molar refractivity (Wildman–Crippen MR) is 126 cm³/mol. The van der Waals surface area contributed by atoms with Crippen LogP contribution in [-0.2, 0) is 9.59 Å². The highest BCUT2D eigenvalue weighted by atomic mass is 16.5. The Labute approximate surface area is 196 Å². The molecule has 2 atom stereocenters. The number of amides is 2. The first-order valence-electron chi connectivity index (χ1n) is 11.7. The van der Waals surface area contributed by atoms with E-state index in [0.29, 0.717) is 36.3 Å². The first kappa shape index (κ1) is 20.9. The second-order valence-electron chi connectivity index (χ2n) is 9.93. The fourth-order valence-corrected chi connectivity index (χ4v) is 4.61. The van der Waals surface area contributed by atoms with Crippen LogP contribution in [0.25, 0.3) is 22.3 Å². The molecule has 2 aliphatic heterocycles. The lowest BCUT2D eigenvalue weighted by Crippen LogP contribution is -2.46. The third kappa shape index (κ3) is 3.55. The van der Waals surface area contributed by atoms with Crippen LogP contribution in [0, 0.1) is 5.92 Å². The van der Waals surface area contributed by atoms with E-state index in [2.05, 4.69) is 25.2 Å². The number of hydrogen-bond donors (Lipinski definition) is 2. The summed E-state index contributed by atoms with van der Waals surface area (Å²) in [4.78, 5) is 33.4. The van der Waals surface area contributed by atoms with Crippen molar-refractivity contribution in [2.75, 3.05) is 11.9 Å². The molecule has 6 rings (SSSR count). The van der Waals surface area contributed by atoms with Gasteiger partial charge in [-0.2, -0.15) is 0 Å². The Morgan fingerprint density at radius 3 is 2.79 bits per heavy atom. The van der Waals surface area contributed by atoms with Crippen molar-refractivity contribution in [3.63, 3.8) is 0 Å². The van der Waals surface area contributed by atoms with Crippen molar-refractivity contribution < 1.29 is 19.1 Å². The molecule has 1 aromatic carbocycles. The van der Waals surface area contributed by atoms with Crippen molar-refractivity contribution in [2.45, 2.75) is 57.8 Å². The molecule has 0 unspecified atom stereocenters. The highest BCUT2D eigenvalue weighted by Gasteiger charge is 2.36. The van der Waals surface area contributed by atoms with Crippen molar-refractivity contribution in [2.24, 2.45) is 5.92 Å². The number of fused-ring (bicyclic) bond motifs is 2. The molecule has 0 bridgehead atoms. The van der Waals surface area contributed by atoms with Gasteiger partial charge in [0.15, 0.2) is 17.2 Å². The highest BCUT2D eigenvalue weighted by Crippen LogP contribution is 2.42. The van der Waals surface area contributed by atoms with Gasteiger partial charge in [-0.15, -0.1) is 0 Å². The van der Waals surface area contributed by atoms with Crippen molar-refractivity contribution in [3.8, 4) is 22.8 Å². The molecule has 9 nitrogen and oxygen atoms in total. The molecule has 1 aliphatic carbocycles. The van der Waals surface area contributed by atoms with Gasteiger partial charge in [0, 0.05) is 30.5 Å². The van der Waals surface area contributed by atoms with E-state index in [-0.39, 0.29) is 23.8 Å². The summed E-state index contributed by atoms with van der Waals surface area (Å²) in [6.45, 7) is 6.07. The number of pyridine rings is 1. The number of nitrogens with zero attached hydrogens (tertiary/aromatic N) is 3. The van der Waals surface area contributed by atoms with Gasteiger partial charge in [0.25, 0.3) is 5.91 Å². The highest BCUT2D eigenvalue weighted by molar-refractivity contribution is 5.99. The Balaban J connectivity index is 1.40. The smallest absolute Gasteiger partial charge is 0.269 e. The average Bonchev–Trinajstić information content (AvgIpc) is 3.39. The summed E-state index contributed by atoms with van der Waals surface area (Å²) in [6.07, 6.45) is 4.46. The van der Waals surface area contributed by atoms with Gasteiger partial charge in [0.05, 0.1) is 17.5 Å². The van der Waals surface area contributed by atoms with Crippen molar-refractivity contribution in [1.29, 1.82) is 0 Å². The van der Waals surface area contributed by atoms with Gasteiger partial charge >= 0.3 is 0 Å². The molecular formula is C25H27N5O4. The molecule has 3 aromatic rings. The van der Waals surface area contributed by atoms with Crippen LogP contribution in [0.1, 0.15) is 46.1 Å². The molecule has 3 aliphatic rings. The van der Waals surface area contributed by atoms with Gasteiger partial charge in [-0.3, -0.25) is 9.59 Å². The summed E-state index contributed by atoms with van der Waals surface area (Å²) in [5, 5.41) is 5.74. The molecular weight excluding hydrogens is 434 g/mol. The molecule has 0 spiro atoms. The SMILES string of the molecule is C[C@@H](Oc1cc(-c2ccc3c(n2)NC(=O)C(C)(C)O3)cc2ncn(C3CC3)c12)[C@H]1CNC(=O)C1. The summed E-state index contributed by atoms with van der Waals surface area (Å²) >= 11 is 0. The van der Waals surface area contributed by atoms with Gasteiger partial charge in [-0.1, -0.05) is 0 Å². The van der Waals surface area contributed by atoms with E-state index in [9.17, 15) is 9.59 Å². The Morgan fingerprint density at radius 1 is 1.24 bits per heavy atom. The number of nitrogens with one attached hydrogen (secondary N) is 2. The minimum atomic E-state index is -0.946. The zero-order valence-corrected chi connectivity index (χ0v) is 19.4. The van der Waals surface area contributed by atoms with Gasteiger partial charge in [-0.05, 0) is 57.9 Å². The molecule has 2 fully saturated rings. The van der Waals surface area contributed by atoms with Crippen LogP contribution in [0.3, 0.4) is 0 Å². The number of ether oxygens (including phenoxy) is 2. The molecule has 2 N–H and O–H groups in total. The normalized spacial score (nSPS) is 22.0. The summed E-state index contributed by atoms with van der Waals surface area (Å²) in [7, 11) is 0. The molecule has 1 saturated carbocycles. The van der Waals surface area contributed by atoms with Gasteiger partial charge in [0.1, 0.15) is 17.4 Å². The van der Waals surface area contributed by atoms with Crippen LogP contribution >= 0.6 is 0 Å². The predicted octanol–water partition coefficient (Wildman–Crippen LogP) is 3.45. The van der Waals surface area contributed by atoms with Crippen LogP contribution in [0.4, 0.5) is 5.82 Å². The van der Waals surface area contributed by atoms with E-state index >= 15 is 0 Å². The van der Waals surface area contributed by atoms with E-state index in [1.807, 2.05) is 37.5 Å². The largest absolute Gasteiger partial charge is 0.488 e. The van der Waals surface area contributed by atoms with Gasteiger partial charge in [-0.25, -0.2) is 9.97 Å². The Kier molecular flexibility index (Phi) is 4.59. The lowest BCUT2D eigenvalue weighted by molar-refractivity contribution is -0.129. The van der Waals surface area contributed by atoms with E-state index in [1.54, 1.807) is 13.8 Å². The second kappa shape index (κ2) is 7.44. The zero-order valence-electron chi connectivity index (χ0n) is 19.4. The quantitative estimate of drug-likeness (QED) is 0.603. The van der Waals surface area contributed by atoms with E-state index in [0.717, 1.165) is 35.2 Å². The molecule has 9 heteroatoms. The number of benzene rings is 1. The topological polar surface area (TPSA) is 107 Å². The third-order valence-corrected chi connectivity index (χ3v) is 6.86. The maximum Gasteiger partial charge on any atom is 0.269 e. The first-order valence-corrected chi connectivity index (χ1v) is 11.7. The number of carbonyl (C=O) groups excluding carboxylic acids is 2. The third-order valence-electron chi connectivity index (χ3n) is 6.86. The van der Waals surface area contributed by atoms with Crippen molar-refractivity contribution in [3.05, 3.63) is 30.6 Å². The van der Waals surface area contributed by atoms with Crippen LogP contribution in [-0.4, -0.2) is 44.6 Å². The molecule has 1 saturated heterocycles. The number of imidazole rings is 1. The van der Waals surface area contributed by atoms with Crippen molar-refractivity contribution >= 4 is 28.7 Å². The fourth-order valence-electron chi connectivity index (χ4n) is 4.61. The van der Waals surface area contributed by atoms with E-state index in [1.165, 1.54) is 0 Å². The molecule has 2 aromatic heterocycles. The first-order chi connectivity index (χ1) is 16.3. The number of rotatable bonds is 5. The lowest BCUT2D eigenvalue weighted by atomic mass is 10.0. The average molecular weight is 462 g/mol. The number of anilines is 1. The zero-order chi connectivity index (χ0) is 23.6. The summed E-state index contributed by atoms with van der Waals surface area (Å²) in [6, 6.07) is 8.12. The maximum absolute atomic E-state index is 12.4. The van der Waals surface area contributed by atoms with E-state index in [4.69, 9.17) is 9.47 Å². The number of aromatic nitrogens is 3. The molecule has 0 radical (unpaired) electrons. The maximum atomic E-state index is 12.4. The minimum Gasteiger partial charge on any atom is -0.488 e. The Bertz CT molecular complexity index is 1330. The van der Waals surface area contributed by atoms with Gasteiger partial charge < -0.3 is 24.7 Å². The van der Waals surface area contributed by atoms with Crippen molar-refractivity contribution in [1.82, 2.24) is 19.9 Å². The van der Waals surface area contributed by atoms with Crippen LogP contribution in [0.2, 0.25) is 0 Å². The summed E-state index contributed by atoms with van der Waals surface area (Å²) < 4.78 is 14.5. The monoisotopic (exact) mass is 461 g/mol. The van der Waals surface area contributed by atoms with E-state index < -0.39 is 5.60 Å². The van der Waals surface area contributed by atoms with Crippen LogP contribution in [0.5, 0.6) is 11.5 Å². The Hall–Kier alpha value is -3.62. The molecule has 176 valence electrons.